The van der Waals surface area contributed by atoms with E-state index in [9.17, 15) is 4.39 Å². The highest BCUT2D eigenvalue weighted by Crippen LogP contribution is 2.32. The third kappa shape index (κ3) is 3.32. The summed E-state index contributed by atoms with van der Waals surface area (Å²) in [6, 6.07) is 5.65. The van der Waals surface area contributed by atoms with E-state index in [1.54, 1.807) is 12.1 Å². The number of benzene rings is 1. The number of fused-ring (bicyclic) bond motifs is 2. The fraction of sp³-hybridized carbons (Fsp3) is 0.647. The highest BCUT2D eigenvalue weighted by atomic mass is 19.1. The van der Waals surface area contributed by atoms with Crippen LogP contribution in [0, 0.1) is 11.7 Å². The Hall–Kier alpha value is -1.09. The van der Waals surface area contributed by atoms with Crippen LogP contribution in [0.2, 0.25) is 0 Å². The van der Waals surface area contributed by atoms with Crippen molar-refractivity contribution in [2.75, 3.05) is 13.1 Å². The second kappa shape index (κ2) is 6.13. The number of likely N-dealkylation sites (tertiary alicyclic amines) is 1. The van der Waals surface area contributed by atoms with Gasteiger partial charge < -0.3 is 9.32 Å². The average Bonchev–Trinajstić information content (AvgIpc) is 3.05. The van der Waals surface area contributed by atoms with Gasteiger partial charge in [0.25, 0.3) is 0 Å². The summed E-state index contributed by atoms with van der Waals surface area (Å²) in [5.74, 6) is 0.819. The summed E-state index contributed by atoms with van der Waals surface area (Å²) < 4.78 is 17.1. The zero-order valence-electron chi connectivity index (χ0n) is 12.3. The van der Waals surface area contributed by atoms with Gasteiger partial charge in [0.05, 0.1) is 0 Å². The van der Waals surface area contributed by atoms with E-state index in [1.165, 1.54) is 57.7 Å². The molecule has 1 saturated carbocycles. The van der Waals surface area contributed by atoms with Gasteiger partial charge in [0, 0.05) is 18.7 Å². The molecule has 0 aromatic carbocycles. The van der Waals surface area contributed by atoms with E-state index in [-0.39, 0.29) is 5.82 Å². The minimum Gasteiger partial charge on any atom is -0.454 e. The maximum absolute atomic E-state index is 12.2. The van der Waals surface area contributed by atoms with Crippen molar-refractivity contribution in [3.05, 3.63) is 24.0 Å². The number of hydrogen-bond donors (Lipinski definition) is 0. The van der Waals surface area contributed by atoms with Gasteiger partial charge >= 0.3 is 0 Å². The molecule has 0 N–H and O–H groups in total. The van der Waals surface area contributed by atoms with Gasteiger partial charge in [0.15, 0.2) is 11.4 Å². The van der Waals surface area contributed by atoms with Crippen molar-refractivity contribution < 1.29 is 8.81 Å². The molecule has 0 spiro atoms. The molecule has 2 bridgehead atoms. The van der Waals surface area contributed by atoms with Gasteiger partial charge in [-0.15, -0.1) is 0 Å². The Morgan fingerprint density at radius 2 is 2.10 bits per heavy atom. The Morgan fingerprint density at radius 3 is 2.60 bits per heavy atom. The third-order valence-corrected chi connectivity index (χ3v) is 4.54. The summed E-state index contributed by atoms with van der Waals surface area (Å²) in [4.78, 5) is 2.75. The molecule has 2 aromatic heterocycles. The van der Waals surface area contributed by atoms with Crippen LogP contribution in [-0.4, -0.2) is 24.0 Å². The first kappa shape index (κ1) is 13.9. The predicted molar refractivity (Wildman–Crippen MR) is 79.6 cm³/mol. The van der Waals surface area contributed by atoms with Gasteiger partial charge in [-0.2, -0.15) is 0 Å². The number of piperidine rings is 1. The van der Waals surface area contributed by atoms with Crippen LogP contribution in [-0.2, 0) is 0 Å². The lowest BCUT2D eigenvalue weighted by atomic mass is 10.00. The van der Waals surface area contributed by atoms with Crippen molar-refractivity contribution in [2.45, 2.75) is 51.5 Å². The smallest absolute Gasteiger partial charge is 0.169 e. The maximum Gasteiger partial charge on any atom is 0.169 e. The minimum absolute atomic E-state index is 0.262. The van der Waals surface area contributed by atoms with Crippen molar-refractivity contribution in [1.82, 2.24) is 4.90 Å². The molecule has 2 aliphatic rings. The van der Waals surface area contributed by atoms with E-state index in [2.05, 4.69) is 11.8 Å². The number of halogens is 1. The van der Waals surface area contributed by atoms with E-state index in [1.807, 2.05) is 0 Å². The zero-order chi connectivity index (χ0) is 13.9. The van der Waals surface area contributed by atoms with Crippen LogP contribution in [0.25, 0.3) is 11.2 Å². The lowest BCUT2D eigenvalue weighted by molar-refractivity contribution is 0.138. The normalized spacial score (nSPS) is 23.8. The second-order valence-electron chi connectivity index (χ2n) is 6.19. The summed E-state index contributed by atoms with van der Waals surface area (Å²) in [5, 5.41) is 0. The van der Waals surface area contributed by atoms with E-state index in [0.717, 1.165) is 12.0 Å². The molecule has 1 unspecified atom stereocenters. The van der Waals surface area contributed by atoms with Crippen LogP contribution >= 0.6 is 0 Å². The Kier molecular flexibility index (Phi) is 4.25. The molecule has 3 heteroatoms. The number of rotatable bonds is 3. The van der Waals surface area contributed by atoms with Crippen molar-refractivity contribution in [2.24, 2.45) is 5.92 Å². The molecule has 3 heterocycles. The van der Waals surface area contributed by atoms with Crippen LogP contribution in [0.1, 0.15) is 45.4 Å². The molecule has 1 atom stereocenters. The quantitative estimate of drug-likeness (QED) is 0.810. The van der Waals surface area contributed by atoms with Gasteiger partial charge in [0.1, 0.15) is 5.58 Å². The second-order valence-corrected chi connectivity index (χ2v) is 6.19. The molecule has 2 fully saturated rings. The molecular weight excluding hydrogens is 253 g/mol. The number of nitrogens with zero attached hydrogens (tertiary/aromatic N) is 1. The largest absolute Gasteiger partial charge is 0.454 e. The molecule has 0 amide bonds. The fourth-order valence-electron chi connectivity index (χ4n) is 3.15. The number of furan rings is 2. The molecule has 110 valence electrons. The van der Waals surface area contributed by atoms with Crippen molar-refractivity contribution in [3.8, 4) is 0 Å². The lowest BCUT2D eigenvalue weighted by Crippen LogP contribution is -2.40. The summed E-state index contributed by atoms with van der Waals surface area (Å²) in [7, 11) is 0. The van der Waals surface area contributed by atoms with E-state index < -0.39 is 0 Å². The summed E-state index contributed by atoms with van der Waals surface area (Å²) in [6.07, 6.45) is 8.76. The molecule has 0 radical (unpaired) electrons. The highest BCUT2D eigenvalue weighted by Gasteiger charge is 2.28. The van der Waals surface area contributed by atoms with Crippen molar-refractivity contribution >= 4 is 11.2 Å². The topological polar surface area (TPSA) is 16.4 Å². The van der Waals surface area contributed by atoms with Crippen molar-refractivity contribution in [3.63, 3.8) is 0 Å². The molecule has 1 saturated heterocycles. The lowest BCUT2D eigenvalue weighted by Gasteiger charge is -2.35. The third-order valence-electron chi connectivity index (χ3n) is 4.54. The summed E-state index contributed by atoms with van der Waals surface area (Å²) in [6.45, 7) is 5.14. The van der Waals surface area contributed by atoms with Crippen LogP contribution in [0.3, 0.4) is 0 Å². The van der Waals surface area contributed by atoms with Crippen LogP contribution in [0.15, 0.2) is 22.6 Å². The Morgan fingerprint density at radius 1 is 1.25 bits per heavy atom. The molecule has 2 aromatic rings. The summed E-state index contributed by atoms with van der Waals surface area (Å²) in [5.41, 5.74) is 0.956. The van der Waals surface area contributed by atoms with Crippen LogP contribution < -0.4 is 0 Å². The van der Waals surface area contributed by atoms with E-state index in [0.29, 0.717) is 11.2 Å². The fourth-order valence-corrected chi connectivity index (χ4v) is 3.15. The van der Waals surface area contributed by atoms with E-state index in [4.69, 9.17) is 4.42 Å². The van der Waals surface area contributed by atoms with Gasteiger partial charge in [-0.1, -0.05) is 13.3 Å². The molecule has 1 aliphatic carbocycles. The van der Waals surface area contributed by atoms with Gasteiger partial charge in [0.2, 0.25) is 0 Å². The van der Waals surface area contributed by atoms with Gasteiger partial charge in [-0.05, 0) is 56.7 Å². The molecule has 20 heavy (non-hydrogen) atoms. The summed E-state index contributed by atoms with van der Waals surface area (Å²) >= 11 is 0. The predicted octanol–water partition coefficient (Wildman–Crippen LogP) is 4.67. The zero-order valence-corrected chi connectivity index (χ0v) is 12.3. The first-order valence-corrected chi connectivity index (χ1v) is 7.97. The Labute approximate surface area is 120 Å². The molecular formula is C17H24FNO. The Bertz CT molecular complexity index is 519. The molecule has 4 rings (SSSR count). The SMILES string of the molecule is CCC1CCCCN1CC1CC1.Fc1cc2ccc1o2. The van der Waals surface area contributed by atoms with Crippen LogP contribution in [0.5, 0.6) is 0 Å². The Balaban J connectivity index is 0.000000131. The maximum atomic E-state index is 12.2. The monoisotopic (exact) mass is 277 g/mol. The highest BCUT2D eigenvalue weighted by molar-refractivity contribution is 5.60. The van der Waals surface area contributed by atoms with Gasteiger partial charge in [-0.3, -0.25) is 0 Å². The number of hydrogen-bond acceptors (Lipinski definition) is 2. The first-order valence-electron chi connectivity index (χ1n) is 7.97. The van der Waals surface area contributed by atoms with Crippen LogP contribution in [0.4, 0.5) is 4.39 Å². The van der Waals surface area contributed by atoms with Gasteiger partial charge in [-0.25, -0.2) is 4.39 Å². The minimum atomic E-state index is -0.262. The standard InChI is InChI=1S/C11H21N.C6H3FO/c1-2-11-5-3-4-8-12(11)9-10-6-7-10;7-5-3-4-1-2-6(5)8-4/h10-11H,2-9H2,1H3;1-3H. The average molecular weight is 277 g/mol. The first-order chi connectivity index (χ1) is 9.76. The van der Waals surface area contributed by atoms with Crippen molar-refractivity contribution in [1.29, 1.82) is 0 Å². The molecule has 1 aliphatic heterocycles. The van der Waals surface area contributed by atoms with E-state index >= 15 is 0 Å². The molecule has 2 nitrogen and oxygen atoms in total.